The molecule has 0 saturated carbocycles. The summed E-state index contributed by atoms with van der Waals surface area (Å²) in [6, 6.07) is 2.76. The first-order valence-electron chi connectivity index (χ1n) is 4.48. The van der Waals surface area contributed by atoms with Crippen LogP contribution in [-0.4, -0.2) is 16.5 Å². The Labute approximate surface area is 87.7 Å². The van der Waals surface area contributed by atoms with Crippen molar-refractivity contribution in [2.24, 2.45) is 0 Å². The maximum absolute atomic E-state index is 10.5. The number of aromatic nitrogens is 1. The van der Waals surface area contributed by atoms with E-state index in [0.717, 1.165) is 0 Å². The van der Waals surface area contributed by atoms with Crippen LogP contribution in [-0.2, 0) is 0 Å². The lowest BCUT2D eigenvalue weighted by molar-refractivity contribution is -0.384. The van der Waals surface area contributed by atoms with Gasteiger partial charge in [0.25, 0.3) is 5.69 Å². The van der Waals surface area contributed by atoms with Crippen molar-refractivity contribution in [2.45, 2.75) is 13.3 Å². The van der Waals surface area contributed by atoms with E-state index in [2.05, 4.69) is 22.1 Å². The Morgan fingerprint density at radius 1 is 1.67 bits per heavy atom. The van der Waals surface area contributed by atoms with Gasteiger partial charge in [-0.2, -0.15) is 0 Å². The molecule has 5 heteroatoms. The Morgan fingerprint density at radius 2 is 2.47 bits per heavy atom. The van der Waals surface area contributed by atoms with Gasteiger partial charge in [-0.25, -0.2) is 4.98 Å². The van der Waals surface area contributed by atoms with Crippen molar-refractivity contribution in [3.63, 3.8) is 0 Å². The molecule has 1 heterocycles. The van der Waals surface area contributed by atoms with Gasteiger partial charge in [0.15, 0.2) is 0 Å². The molecule has 0 fully saturated rings. The van der Waals surface area contributed by atoms with E-state index >= 15 is 0 Å². The van der Waals surface area contributed by atoms with Gasteiger partial charge in [0.05, 0.1) is 11.0 Å². The third kappa shape index (κ3) is 3.65. The predicted molar refractivity (Wildman–Crippen MR) is 57.4 cm³/mol. The molecule has 0 unspecified atom stereocenters. The highest BCUT2D eigenvalue weighted by molar-refractivity contribution is 5.44. The number of hydrogen-bond acceptors (Lipinski definition) is 4. The fourth-order valence-electron chi connectivity index (χ4n) is 1.01. The summed E-state index contributed by atoms with van der Waals surface area (Å²) in [7, 11) is 0. The number of nitrogens with one attached hydrogen (secondary N) is 1. The summed E-state index contributed by atoms with van der Waals surface area (Å²) >= 11 is 0. The van der Waals surface area contributed by atoms with Crippen LogP contribution in [0.15, 0.2) is 18.3 Å². The van der Waals surface area contributed by atoms with E-state index < -0.39 is 4.92 Å². The fourth-order valence-corrected chi connectivity index (χ4v) is 1.01. The quantitative estimate of drug-likeness (QED) is 0.352. The molecule has 5 nitrogen and oxygen atoms in total. The van der Waals surface area contributed by atoms with Gasteiger partial charge >= 0.3 is 0 Å². The number of rotatable bonds is 4. The monoisotopic (exact) mass is 205 g/mol. The summed E-state index contributed by atoms with van der Waals surface area (Å²) in [6.07, 6.45) is 2.10. The topological polar surface area (TPSA) is 68.1 Å². The molecular formula is C10H11N3O2. The number of nitrogens with zero attached hydrogens (tertiary/aromatic N) is 2. The van der Waals surface area contributed by atoms with Crippen molar-refractivity contribution in [1.29, 1.82) is 0 Å². The van der Waals surface area contributed by atoms with Crippen molar-refractivity contribution in [3.05, 3.63) is 28.4 Å². The minimum atomic E-state index is -0.446. The summed E-state index contributed by atoms with van der Waals surface area (Å²) in [5.41, 5.74) is 0.0362. The van der Waals surface area contributed by atoms with Crippen LogP contribution in [0.5, 0.6) is 0 Å². The van der Waals surface area contributed by atoms with Gasteiger partial charge in [-0.1, -0.05) is 0 Å². The molecule has 1 N–H and O–H groups in total. The molecule has 0 aliphatic carbocycles. The van der Waals surface area contributed by atoms with E-state index in [4.69, 9.17) is 0 Å². The number of pyridine rings is 1. The summed E-state index contributed by atoms with van der Waals surface area (Å²) < 4.78 is 0. The SMILES string of the molecule is CC#CCCNc1cc([N+](=O)[O-])ccn1. The molecule has 0 spiro atoms. The fraction of sp³-hybridized carbons (Fsp3) is 0.300. The van der Waals surface area contributed by atoms with Crippen LogP contribution >= 0.6 is 0 Å². The predicted octanol–water partition coefficient (Wildman–Crippen LogP) is 1.82. The van der Waals surface area contributed by atoms with Gasteiger partial charge in [0.1, 0.15) is 5.82 Å². The first-order valence-corrected chi connectivity index (χ1v) is 4.48. The van der Waals surface area contributed by atoms with E-state index in [0.29, 0.717) is 18.8 Å². The molecule has 0 bridgehead atoms. The standard InChI is InChI=1S/C10H11N3O2/c1-2-3-4-6-11-10-8-9(13(14)15)5-7-12-10/h5,7-8H,4,6H2,1H3,(H,11,12). The van der Waals surface area contributed by atoms with Gasteiger partial charge in [-0.3, -0.25) is 10.1 Å². The second-order valence-electron chi connectivity index (χ2n) is 2.76. The molecule has 1 aromatic heterocycles. The smallest absolute Gasteiger partial charge is 0.274 e. The lowest BCUT2D eigenvalue weighted by Crippen LogP contribution is -2.02. The zero-order valence-electron chi connectivity index (χ0n) is 8.36. The highest BCUT2D eigenvalue weighted by Crippen LogP contribution is 2.13. The average Bonchev–Trinajstić information content (AvgIpc) is 2.25. The van der Waals surface area contributed by atoms with Crippen molar-refractivity contribution >= 4 is 11.5 Å². The minimum absolute atomic E-state index is 0.0362. The van der Waals surface area contributed by atoms with E-state index in [1.807, 2.05) is 0 Å². The normalized spacial score (nSPS) is 8.87. The Morgan fingerprint density at radius 3 is 3.13 bits per heavy atom. The Kier molecular flexibility index (Phi) is 4.10. The van der Waals surface area contributed by atoms with Crippen LogP contribution in [0.3, 0.4) is 0 Å². The van der Waals surface area contributed by atoms with Crippen LogP contribution in [0.1, 0.15) is 13.3 Å². The number of nitro groups is 1. The second-order valence-corrected chi connectivity index (χ2v) is 2.76. The third-order valence-electron chi connectivity index (χ3n) is 1.69. The summed E-state index contributed by atoms with van der Waals surface area (Å²) in [6.45, 7) is 2.40. The molecule has 0 saturated heterocycles. The molecule has 0 aliphatic heterocycles. The molecular weight excluding hydrogens is 194 g/mol. The molecule has 0 radical (unpaired) electrons. The molecule has 0 aromatic carbocycles. The summed E-state index contributed by atoms with van der Waals surface area (Å²) in [5, 5.41) is 13.4. The van der Waals surface area contributed by atoms with Crippen molar-refractivity contribution in [3.8, 4) is 11.8 Å². The van der Waals surface area contributed by atoms with E-state index in [1.54, 1.807) is 6.92 Å². The van der Waals surface area contributed by atoms with Gasteiger partial charge in [0, 0.05) is 25.2 Å². The zero-order valence-corrected chi connectivity index (χ0v) is 8.36. The van der Waals surface area contributed by atoms with Gasteiger partial charge in [-0.15, -0.1) is 11.8 Å². The van der Waals surface area contributed by atoms with Crippen LogP contribution in [0, 0.1) is 22.0 Å². The first-order chi connectivity index (χ1) is 7.24. The average molecular weight is 205 g/mol. The molecule has 78 valence electrons. The Balaban J connectivity index is 2.56. The highest BCUT2D eigenvalue weighted by atomic mass is 16.6. The van der Waals surface area contributed by atoms with Crippen LogP contribution in [0.4, 0.5) is 11.5 Å². The maximum Gasteiger partial charge on any atom is 0.274 e. The molecule has 1 aromatic rings. The first kappa shape index (κ1) is 11.0. The summed E-state index contributed by atoms with van der Waals surface area (Å²) in [5.74, 6) is 6.15. The molecule has 0 amide bonds. The van der Waals surface area contributed by atoms with Crippen molar-refractivity contribution in [2.75, 3.05) is 11.9 Å². The second kappa shape index (κ2) is 5.60. The van der Waals surface area contributed by atoms with Gasteiger partial charge < -0.3 is 5.32 Å². The lowest BCUT2D eigenvalue weighted by atomic mass is 10.3. The van der Waals surface area contributed by atoms with Crippen molar-refractivity contribution < 1.29 is 4.92 Å². The third-order valence-corrected chi connectivity index (χ3v) is 1.69. The number of anilines is 1. The molecule has 0 aliphatic rings. The highest BCUT2D eigenvalue weighted by Gasteiger charge is 2.05. The molecule has 15 heavy (non-hydrogen) atoms. The summed E-state index contributed by atoms with van der Waals surface area (Å²) in [4.78, 5) is 14.0. The maximum atomic E-state index is 10.5. The molecule has 0 atom stereocenters. The van der Waals surface area contributed by atoms with E-state index in [-0.39, 0.29) is 5.69 Å². The van der Waals surface area contributed by atoms with Gasteiger partial charge in [0.2, 0.25) is 0 Å². The van der Waals surface area contributed by atoms with Crippen LogP contribution < -0.4 is 5.32 Å². The van der Waals surface area contributed by atoms with E-state index in [1.165, 1.54) is 18.3 Å². The largest absolute Gasteiger partial charge is 0.369 e. The number of hydrogen-bond donors (Lipinski definition) is 1. The Bertz CT molecular complexity index is 407. The zero-order chi connectivity index (χ0) is 11.1. The Hall–Kier alpha value is -2.09. The molecule has 1 rings (SSSR count). The lowest BCUT2D eigenvalue weighted by Gasteiger charge is -2.01. The van der Waals surface area contributed by atoms with Gasteiger partial charge in [-0.05, 0) is 6.92 Å². The minimum Gasteiger partial charge on any atom is -0.369 e. The van der Waals surface area contributed by atoms with E-state index in [9.17, 15) is 10.1 Å². The van der Waals surface area contributed by atoms with Crippen LogP contribution in [0.2, 0.25) is 0 Å². The van der Waals surface area contributed by atoms with Crippen LogP contribution in [0.25, 0.3) is 0 Å². The van der Waals surface area contributed by atoms with Crippen molar-refractivity contribution in [1.82, 2.24) is 4.98 Å².